The molecule has 2 unspecified atom stereocenters. The molecule has 1 aromatic rings. The van der Waals surface area contributed by atoms with Crippen LogP contribution in [0.5, 0.6) is 0 Å². The third-order valence-electron chi connectivity index (χ3n) is 8.66. The number of carboxylic acids is 1. The molecule has 0 saturated carbocycles. The number of carbonyl (C=O) groups excluding carboxylic acids is 1. The Balaban J connectivity index is 1.46. The van der Waals surface area contributed by atoms with Crippen molar-refractivity contribution in [3.63, 3.8) is 0 Å². The number of ether oxygens (including phenoxy) is 1. The molecule has 3 aliphatic rings. The average Bonchev–Trinajstić information content (AvgIpc) is 3.46. The Kier molecular flexibility index (Phi) is 8.83. The summed E-state index contributed by atoms with van der Waals surface area (Å²) in [5.74, 6) is -0.992. The predicted molar refractivity (Wildman–Crippen MR) is 133 cm³/mol. The molecule has 8 nitrogen and oxygen atoms in total. The van der Waals surface area contributed by atoms with Gasteiger partial charge in [0, 0.05) is 56.0 Å². The summed E-state index contributed by atoms with van der Waals surface area (Å²) in [4.78, 5) is 29.6. The number of amides is 1. The lowest BCUT2D eigenvalue weighted by Gasteiger charge is -2.45. The second-order valence-electron chi connectivity index (χ2n) is 11.5. The smallest absolute Gasteiger partial charge is 0.434 e. The van der Waals surface area contributed by atoms with Crippen molar-refractivity contribution in [1.29, 1.82) is 0 Å². The fourth-order valence-electron chi connectivity index (χ4n) is 6.05. The number of carboxylic acid groups (broad SMARTS) is 1. The molecule has 43 heavy (non-hydrogen) atoms. The topological polar surface area (TPSA) is 76.6 Å². The first-order chi connectivity index (χ1) is 19.7. The molecule has 4 rings (SSSR count). The second-order valence-corrected chi connectivity index (χ2v) is 11.5. The molecule has 3 fully saturated rings. The zero-order valence-electron chi connectivity index (χ0n) is 23.2. The highest BCUT2D eigenvalue weighted by Gasteiger charge is 2.60. The molecule has 3 saturated heterocycles. The van der Waals surface area contributed by atoms with E-state index in [0.29, 0.717) is 30.8 Å². The van der Waals surface area contributed by atoms with Gasteiger partial charge >= 0.3 is 30.6 Å². The van der Waals surface area contributed by atoms with Crippen LogP contribution >= 0.6 is 0 Å². The van der Waals surface area contributed by atoms with Gasteiger partial charge in [-0.15, -0.1) is 0 Å². The molecule has 2 bridgehead atoms. The van der Waals surface area contributed by atoms with Gasteiger partial charge in [-0.1, -0.05) is 6.07 Å². The maximum Gasteiger partial charge on any atom is 0.434 e. The summed E-state index contributed by atoms with van der Waals surface area (Å²) in [6.45, 7) is 2.12. The molecular weight excluding hydrogens is 603 g/mol. The zero-order chi connectivity index (χ0) is 32.1. The molecule has 3 heterocycles. The second kappa shape index (κ2) is 11.5. The summed E-state index contributed by atoms with van der Waals surface area (Å²) >= 11 is 0. The van der Waals surface area contributed by atoms with E-state index in [1.54, 1.807) is 18.9 Å². The number of piperidine rings is 1. The number of hydrogen-bond donors (Lipinski definition) is 1. The highest BCUT2D eigenvalue weighted by Crippen LogP contribution is 2.41. The van der Waals surface area contributed by atoms with Crippen LogP contribution in [0.3, 0.4) is 0 Å². The van der Waals surface area contributed by atoms with E-state index < -0.39 is 47.8 Å². The minimum atomic E-state index is -5.83. The van der Waals surface area contributed by atoms with Crippen LogP contribution in [-0.4, -0.2) is 108 Å². The average molecular weight is 635 g/mol. The molecule has 1 amide bonds. The molecule has 0 aromatic heterocycles. The molecule has 1 N–H and O–H groups in total. The number of benzene rings is 1. The van der Waals surface area contributed by atoms with Gasteiger partial charge in [-0.2, -0.15) is 39.5 Å². The molecule has 242 valence electrons. The van der Waals surface area contributed by atoms with E-state index in [9.17, 15) is 49.1 Å². The molecule has 0 spiro atoms. The van der Waals surface area contributed by atoms with Gasteiger partial charge in [-0.25, -0.2) is 4.79 Å². The summed E-state index contributed by atoms with van der Waals surface area (Å²) in [5, 5.41) is 9.15. The Bertz CT molecular complexity index is 1180. The molecule has 0 aliphatic carbocycles. The summed E-state index contributed by atoms with van der Waals surface area (Å²) in [7, 11) is 1.70. The van der Waals surface area contributed by atoms with Gasteiger partial charge in [0.15, 0.2) is 0 Å². The molecule has 0 radical (unpaired) electrons. The van der Waals surface area contributed by atoms with Crippen LogP contribution in [0.1, 0.15) is 37.3 Å². The Morgan fingerprint density at radius 3 is 2.12 bits per heavy atom. The van der Waals surface area contributed by atoms with Crippen LogP contribution in [0.4, 0.5) is 50.0 Å². The van der Waals surface area contributed by atoms with Gasteiger partial charge in [0.25, 0.3) is 6.10 Å². The summed E-state index contributed by atoms with van der Waals surface area (Å²) in [6.07, 6.45) is -21.4. The minimum Gasteiger partial charge on any atom is -0.480 e. The maximum absolute atomic E-state index is 13.6. The quantitative estimate of drug-likeness (QED) is 0.425. The van der Waals surface area contributed by atoms with Crippen LogP contribution in [-0.2, 0) is 22.3 Å². The maximum atomic E-state index is 13.6. The van der Waals surface area contributed by atoms with Crippen LogP contribution in [0.2, 0.25) is 0 Å². The molecule has 2 atom stereocenters. The highest BCUT2D eigenvalue weighted by molar-refractivity contribution is 5.69. The summed E-state index contributed by atoms with van der Waals surface area (Å²) in [5.41, 5.74) is -0.617. The lowest BCUT2D eigenvalue weighted by atomic mass is 9.87. The molecule has 17 heteroatoms. The van der Waals surface area contributed by atoms with Gasteiger partial charge in [0.2, 0.25) is 0 Å². The summed E-state index contributed by atoms with van der Waals surface area (Å²) in [6, 6.07) is 3.11. The SMILES string of the molecule is CN(Cc1ccc(C(F)(F)F)cc1N1CC2CC1CN2CC(=O)O)C1(C)CCN(C(=O)OC(C(F)(F)F)C(F)(F)F)CC1. The van der Waals surface area contributed by atoms with Crippen molar-refractivity contribution in [2.45, 2.75) is 75.0 Å². The van der Waals surface area contributed by atoms with Crippen molar-refractivity contribution in [3.05, 3.63) is 29.3 Å². The Morgan fingerprint density at radius 2 is 1.63 bits per heavy atom. The number of piperazine rings is 1. The lowest BCUT2D eigenvalue weighted by molar-refractivity contribution is -0.308. The standard InChI is InChI=1S/C26H31F9N4O4/c1-23(5-7-37(8-6-23)22(42)43-21(25(30,31)32)26(33,34)35)36(2)11-15-3-4-16(24(27,28)29)9-19(15)39-13-17-10-18(39)12-38(17)14-20(40)41/h3-4,9,17-18,21H,5-8,10-14H2,1-2H3,(H,40,41). The summed E-state index contributed by atoms with van der Waals surface area (Å²) < 4.78 is 122. The number of halogens is 9. The van der Waals surface area contributed by atoms with Crippen LogP contribution in [0, 0.1) is 0 Å². The molecular formula is C26H31F9N4O4. The highest BCUT2D eigenvalue weighted by atomic mass is 19.4. The fraction of sp³-hybridized carbons (Fsp3) is 0.692. The van der Waals surface area contributed by atoms with E-state index in [0.717, 1.165) is 17.0 Å². The number of alkyl halides is 9. The number of rotatable bonds is 7. The first-order valence-corrected chi connectivity index (χ1v) is 13.4. The molecule has 3 aliphatic heterocycles. The lowest BCUT2D eigenvalue weighted by Crippen LogP contribution is -2.54. The van der Waals surface area contributed by atoms with Crippen molar-refractivity contribution in [2.75, 3.05) is 44.7 Å². The Labute approximate surface area is 240 Å². The van der Waals surface area contributed by atoms with E-state index in [2.05, 4.69) is 4.74 Å². The van der Waals surface area contributed by atoms with E-state index in [1.807, 2.05) is 9.80 Å². The van der Waals surface area contributed by atoms with Gasteiger partial charge < -0.3 is 19.6 Å². The van der Waals surface area contributed by atoms with E-state index >= 15 is 0 Å². The van der Waals surface area contributed by atoms with Gasteiger partial charge in [0.1, 0.15) is 0 Å². The first kappa shape index (κ1) is 33.0. The van der Waals surface area contributed by atoms with E-state index in [1.165, 1.54) is 6.07 Å². The van der Waals surface area contributed by atoms with Gasteiger partial charge in [-0.05, 0) is 50.9 Å². The number of fused-ring (bicyclic) bond motifs is 2. The third-order valence-corrected chi connectivity index (χ3v) is 8.66. The normalized spacial score (nSPS) is 23.0. The predicted octanol–water partition coefficient (Wildman–Crippen LogP) is 4.97. The first-order valence-electron chi connectivity index (χ1n) is 13.4. The number of aliphatic carboxylic acids is 1. The van der Waals surface area contributed by atoms with Crippen molar-refractivity contribution in [3.8, 4) is 0 Å². The van der Waals surface area contributed by atoms with Crippen LogP contribution in [0.15, 0.2) is 18.2 Å². The van der Waals surface area contributed by atoms with Gasteiger partial charge in [-0.3, -0.25) is 14.6 Å². The van der Waals surface area contributed by atoms with E-state index in [-0.39, 0.29) is 51.1 Å². The number of hydrogen-bond acceptors (Lipinski definition) is 6. The van der Waals surface area contributed by atoms with Crippen molar-refractivity contribution in [1.82, 2.24) is 14.7 Å². The van der Waals surface area contributed by atoms with Crippen molar-refractivity contribution >= 4 is 17.7 Å². The number of anilines is 1. The third kappa shape index (κ3) is 7.24. The Morgan fingerprint density at radius 1 is 1.02 bits per heavy atom. The van der Waals surface area contributed by atoms with Crippen molar-refractivity contribution in [2.24, 2.45) is 0 Å². The van der Waals surface area contributed by atoms with Crippen molar-refractivity contribution < 1.29 is 58.9 Å². The van der Waals surface area contributed by atoms with E-state index in [4.69, 9.17) is 5.11 Å². The fourth-order valence-corrected chi connectivity index (χ4v) is 6.05. The number of carbonyl (C=O) groups is 2. The van der Waals surface area contributed by atoms with Crippen LogP contribution in [0.25, 0.3) is 0 Å². The number of likely N-dealkylation sites (tertiary alicyclic amines) is 2. The Hall–Kier alpha value is -2.95. The monoisotopic (exact) mass is 634 g/mol. The zero-order valence-corrected chi connectivity index (χ0v) is 23.2. The minimum absolute atomic E-state index is 0.128. The van der Waals surface area contributed by atoms with Gasteiger partial charge in [0.05, 0.1) is 12.1 Å². The number of nitrogens with zero attached hydrogens (tertiary/aromatic N) is 4. The largest absolute Gasteiger partial charge is 0.480 e. The molecule has 1 aromatic carbocycles. The van der Waals surface area contributed by atoms with Crippen LogP contribution < -0.4 is 4.90 Å².